The van der Waals surface area contributed by atoms with Crippen molar-refractivity contribution >= 4 is 27.3 Å². The number of hydrogen-bond acceptors (Lipinski definition) is 3. The molecule has 6 heteroatoms. The molecule has 0 aliphatic carbocycles. The summed E-state index contributed by atoms with van der Waals surface area (Å²) in [5.74, 6) is 0.300. The van der Waals surface area contributed by atoms with Gasteiger partial charge < -0.3 is 4.90 Å². The van der Waals surface area contributed by atoms with Crippen LogP contribution in [0.15, 0.2) is 24.3 Å². The van der Waals surface area contributed by atoms with Gasteiger partial charge in [0.15, 0.2) is 9.84 Å². The average molecular weight is 316 g/mol. The quantitative estimate of drug-likeness (QED) is 0.855. The second kappa shape index (κ2) is 6.14. The van der Waals surface area contributed by atoms with Crippen molar-refractivity contribution in [3.63, 3.8) is 0 Å². The van der Waals surface area contributed by atoms with Crippen molar-refractivity contribution in [3.05, 3.63) is 34.9 Å². The summed E-state index contributed by atoms with van der Waals surface area (Å²) in [6.07, 6.45) is 0.898. The van der Waals surface area contributed by atoms with Crippen LogP contribution >= 0.6 is 11.6 Å². The predicted octanol–water partition coefficient (Wildman–Crippen LogP) is 2.12. The van der Waals surface area contributed by atoms with E-state index >= 15 is 0 Å². The maximum Gasteiger partial charge on any atom is 0.222 e. The third-order valence-corrected chi connectivity index (χ3v) is 5.60. The maximum atomic E-state index is 12.1. The molecule has 110 valence electrons. The summed E-state index contributed by atoms with van der Waals surface area (Å²) >= 11 is 5.91. The molecule has 1 saturated heterocycles. The predicted molar refractivity (Wildman–Crippen MR) is 79.3 cm³/mol. The number of carbonyl (C=O) groups is 1. The van der Waals surface area contributed by atoms with Gasteiger partial charge in [0.05, 0.1) is 11.5 Å². The third-order valence-electron chi connectivity index (χ3n) is 3.52. The number of halogens is 1. The number of rotatable bonds is 4. The van der Waals surface area contributed by atoms with E-state index in [0.717, 1.165) is 5.56 Å². The molecule has 4 nitrogen and oxygen atoms in total. The number of hydrogen-bond donors (Lipinski definition) is 0. The lowest BCUT2D eigenvalue weighted by atomic mass is 10.0. The first kappa shape index (κ1) is 15.3. The van der Waals surface area contributed by atoms with E-state index in [4.69, 9.17) is 11.6 Å². The van der Waals surface area contributed by atoms with Gasteiger partial charge in [0.25, 0.3) is 0 Å². The Kier molecular flexibility index (Phi) is 4.70. The van der Waals surface area contributed by atoms with Crippen LogP contribution in [-0.2, 0) is 21.2 Å². The fourth-order valence-electron chi connectivity index (χ4n) is 2.43. The second-order valence-corrected chi connectivity index (χ2v) is 8.02. The van der Waals surface area contributed by atoms with Crippen LogP contribution < -0.4 is 0 Å². The van der Waals surface area contributed by atoms with Crippen molar-refractivity contribution in [2.45, 2.75) is 19.4 Å². The molecule has 20 heavy (non-hydrogen) atoms. The summed E-state index contributed by atoms with van der Waals surface area (Å²) in [5, 5.41) is 0.644. The minimum Gasteiger partial charge on any atom is -0.341 e. The molecule has 0 radical (unpaired) electrons. The lowest BCUT2D eigenvalue weighted by molar-refractivity contribution is -0.131. The van der Waals surface area contributed by atoms with Gasteiger partial charge in [0.1, 0.15) is 0 Å². The highest BCUT2D eigenvalue weighted by molar-refractivity contribution is 7.91. The molecule has 1 unspecified atom stereocenters. The Labute approximate surface area is 124 Å². The Hall–Kier alpha value is -1.07. The highest BCUT2D eigenvalue weighted by Gasteiger charge is 2.30. The summed E-state index contributed by atoms with van der Waals surface area (Å²) in [4.78, 5) is 13.7. The lowest BCUT2D eigenvalue weighted by Crippen LogP contribution is -2.28. The van der Waals surface area contributed by atoms with Crippen LogP contribution in [0, 0.1) is 5.92 Å². The molecule has 1 aromatic carbocycles. The van der Waals surface area contributed by atoms with Crippen LogP contribution in [0.1, 0.15) is 18.4 Å². The molecule has 0 aromatic heterocycles. The van der Waals surface area contributed by atoms with Gasteiger partial charge in [-0.05, 0) is 30.0 Å². The van der Waals surface area contributed by atoms with Crippen molar-refractivity contribution in [2.75, 3.05) is 18.6 Å². The SMILES string of the molecule is CN(Cc1cccc(Cl)c1)C(=O)CC1CCS(=O)(=O)C1. The van der Waals surface area contributed by atoms with Crippen molar-refractivity contribution in [1.82, 2.24) is 4.90 Å². The first-order valence-electron chi connectivity index (χ1n) is 6.54. The van der Waals surface area contributed by atoms with E-state index in [1.807, 2.05) is 18.2 Å². The number of benzene rings is 1. The van der Waals surface area contributed by atoms with Gasteiger partial charge in [-0.3, -0.25) is 4.79 Å². The van der Waals surface area contributed by atoms with Gasteiger partial charge in [0, 0.05) is 25.0 Å². The molecule has 2 rings (SSSR count). The Bertz CT molecular complexity index is 600. The average Bonchev–Trinajstić information content (AvgIpc) is 2.68. The summed E-state index contributed by atoms with van der Waals surface area (Å²) in [6.45, 7) is 0.485. The van der Waals surface area contributed by atoms with E-state index in [-0.39, 0.29) is 23.3 Å². The zero-order valence-electron chi connectivity index (χ0n) is 11.4. The van der Waals surface area contributed by atoms with Gasteiger partial charge in [-0.25, -0.2) is 8.42 Å². The fourth-order valence-corrected chi connectivity index (χ4v) is 4.51. The van der Waals surface area contributed by atoms with Crippen molar-refractivity contribution in [2.24, 2.45) is 5.92 Å². The Morgan fingerprint density at radius 2 is 2.20 bits per heavy atom. The van der Waals surface area contributed by atoms with Gasteiger partial charge in [0.2, 0.25) is 5.91 Å². The molecular formula is C14H18ClNO3S. The van der Waals surface area contributed by atoms with E-state index in [0.29, 0.717) is 24.4 Å². The van der Waals surface area contributed by atoms with Crippen LogP contribution in [0.25, 0.3) is 0 Å². The van der Waals surface area contributed by atoms with Gasteiger partial charge >= 0.3 is 0 Å². The van der Waals surface area contributed by atoms with E-state index in [2.05, 4.69) is 0 Å². The molecule has 0 bridgehead atoms. The standard InChI is InChI=1S/C14H18ClNO3S/c1-16(9-11-3-2-4-13(15)7-11)14(17)8-12-5-6-20(18,19)10-12/h2-4,7,12H,5-6,8-10H2,1H3. The molecule has 1 fully saturated rings. The monoisotopic (exact) mass is 315 g/mol. The first-order valence-corrected chi connectivity index (χ1v) is 8.74. The molecule has 1 amide bonds. The fraction of sp³-hybridized carbons (Fsp3) is 0.500. The number of sulfone groups is 1. The van der Waals surface area contributed by atoms with Gasteiger partial charge in [-0.15, -0.1) is 0 Å². The van der Waals surface area contributed by atoms with Crippen LogP contribution in [0.3, 0.4) is 0 Å². The number of carbonyl (C=O) groups excluding carboxylic acids is 1. The van der Waals surface area contributed by atoms with E-state index in [1.165, 1.54) is 0 Å². The van der Waals surface area contributed by atoms with Crippen LogP contribution in [-0.4, -0.2) is 37.8 Å². The molecule has 0 N–H and O–H groups in total. The first-order chi connectivity index (χ1) is 9.35. The second-order valence-electron chi connectivity index (χ2n) is 5.35. The van der Waals surface area contributed by atoms with Crippen molar-refractivity contribution < 1.29 is 13.2 Å². The van der Waals surface area contributed by atoms with Crippen LogP contribution in [0.5, 0.6) is 0 Å². The third kappa shape index (κ3) is 4.21. The molecule has 1 atom stereocenters. The Morgan fingerprint density at radius 1 is 1.45 bits per heavy atom. The Morgan fingerprint density at radius 3 is 2.80 bits per heavy atom. The lowest BCUT2D eigenvalue weighted by Gasteiger charge is -2.19. The van der Waals surface area contributed by atoms with Gasteiger partial charge in [-0.2, -0.15) is 0 Å². The summed E-state index contributed by atoms with van der Waals surface area (Å²) < 4.78 is 22.8. The van der Waals surface area contributed by atoms with Crippen LogP contribution in [0.4, 0.5) is 0 Å². The smallest absolute Gasteiger partial charge is 0.222 e. The van der Waals surface area contributed by atoms with Crippen LogP contribution in [0.2, 0.25) is 5.02 Å². The normalized spacial score (nSPS) is 20.8. The molecule has 1 heterocycles. The summed E-state index contributed by atoms with van der Waals surface area (Å²) in [7, 11) is -1.19. The number of amides is 1. The summed E-state index contributed by atoms with van der Waals surface area (Å²) in [5.41, 5.74) is 0.965. The van der Waals surface area contributed by atoms with Crippen molar-refractivity contribution in [3.8, 4) is 0 Å². The number of nitrogens with zero attached hydrogens (tertiary/aromatic N) is 1. The van der Waals surface area contributed by atoms with E-state index in [9.17, 15) is 13.2 Å². The van der Waals surface area contributed by atoms with E-state index < -0.39 is 9.84 Å². The molecular weight excluding hydrogens is 298 g/mol. The highest BCUT2D eigenvalue weighted by atomic mass is 35.5. The Balaban J connectivity index is 1.89. The maximum absolute atomic E-state index is 12.1. The zero-order chi connectivity index (χ0) is 14.8. The highest BCUT2D eigenvalue weighted by Crippen LogP contribution is 2.22. The molecule has 1 aliphatic rings. The molecule has 0 saturated carbocycles. The van der Waals surface area contributed by atoms with Crippen molar-refractivity contribution in [1.29, 1.82) is 0 Å². The topological polar surface area (TPSA) is 54.5 Å². The largest absolute Gasteiger partial charge is 0.341 e. The summed E-state index contributed by atoms with van der Waals surface area (Å²) in [6, 6.07) is 7.37. The molecule has 0 spiro atoms. The molecule has 1 aliphatic heterocycles. The zero-order valence-corrected chi connectivity index (χ0v) is 13.0. The minimum atomic E-state index is -2.92. The molecule has 1 aromatic rings. The van der Waals surface area contributed by atoms with E-state index in [1.54, 1.807) is 18.0 Å². The van der Waals surface area contributed by atoms with Gasteiger partial charge in [-0.1, -0.05) is 23.7 Å². The minimum absolute atomic E-state index is 0.0212.